The van der Waals surface area contributed by atoms with E-state index in [0.29, 0.717) is 73.4 Å². The fraction of sp³-hybridized carbons (Fsp3) is 0.341. The van der Waals surface area contributed by atoms with E-state index in [1.807, 2.05) is 54.6 Å². The maximum absolute atomic E-state index is 13.6. The van der Waals surface area contributed by atoms with Gasteiger partial charge in [-0.3, -0.25) is 24.2 Å². The molecule has 1 fully saturated rings. The Bertz CT molecular complexity index is 1870. The first kappa shape index (κ1) is 40.1. The average molecular weight is 755 g/mol. The number of nitrogens with zero attached hydrogens (tertiary/aromatic N) is 2. The zero-order valence-corrected chi connectivity index (χ0v) is 31.0. The Hall–Kier alpha value is -5.08. The molecule has 54 heavy (non-hydrogen) atoms. The van der Waals surface area contributed by atoms with Crippen LogP contribution in [0.2, 0.25) is 0 Å². The van der Waals surface area contributed by atoms with Crippen LogP contribution in [0.3, 0.4) is 0 Å². The van der Waals surface area contributed by atoms with Crippen LogP contribution in [0.5, 0.6) is 0 Å². The number of amides is 2. The molecule has 0 unspecified atom stereocenters. The number of carboxylic acid groups (broad SMARTS) is 1. The summed E-state index contributed by atoms with van der Waals surface area (Å²) >= 11 is 1.57. The Morgan fingerprint density at radius 3 is 2.28 bits per heavy atom. The SMILES string of the molecule is O=Cc1ccnc(-c2cc(N3CCCCC3)ccc2NC(=O)c2cccc(CSc3cccc(C(=O)NCCOCCOCCOCCC(=O)O)c3)c2)c1. The summed E-state index contributed by atoms with van der Waals surface area (Å²) < 4.78 is 16.0. The van der Waals surface area contributed by atoms with Crippen LogP contribution in [0.1, 0.15) is 62.3 Å². The predicted octanol–water partition coefficient (Wildman–Crippen LogP) is 6.35. The van der Waals surface area contributed by atoms with Crippen molar-refractivity contribution in [3.8, 4) is 11.3 Å². The minimum absolute atomic E-state index is 0.0350. The molecule has 1 aliphatic rings. The maximum atomic E-state index is 13.6. The highest BCUT2D eigenvalue weighted by molar-refractivity contribution is 7.98. The second kappa shape index (κ2) is 21.6. The number of nitrogens with one attached hydrogen (secondary N) is 2. The number of aromatic nitrogens is 1. The molecule has 1 aliphatic heterocycles. The number of rotatable bonds is 21. The van der Waals surface area contributed by atoms with Crippen LogP contribution in [0.15, 0.2) is 90.0 Å². The van der Waals surface area contributed by atoms with Gasteiger partial charge in [0.15, 0.2) is 0 Å². The number of aldehydes is 1. The Morgan fingerprint density at radius 2 is 1.52 bits per heavy atom. The fourth-order valence-electron chi connectivity index (χ4n) is 5.80. The van der Waals surface area contributed by atoms with Crippen LogP contribution in [0.4, 0.5) is 11.4 Å². The Balaban J connectivity index is 1.11. The normalized spacial score (nSPS) is 12.6. The lowest BCUT2D eigenvalue weighted by Crippen LogP contribution is -2.29. The summed E-state index contributed by atoms with van der Waals surface area (Å²) in [6.07, 6.45) is 5.85. The molecule has 3 N–H and O–H groups in total. The molecule has 2 heterocycles. The molecule has 13 heteroatoms. The van der Waals surface area contributed by atoms with Gasteiger partial charge in [-0.1, -0.05) is 18.2 Å². The van der Waals surface area contributed by atoms with Gasteiger partial charge >= 0.3 is 5.97 Å². The molecule has 12 nitrogen and oxygen atoms in total. The van der Waals surface area contributed by atoms with Crippen molar-refractivity contribution in [2.45, 2.75) is 36.3 Å². The standard InChI is InChI=1S/C41H46N4O8S/c46-28-30-12-14-42-38(25-30)36-27-34(45-16-2-1-3-17-45)10-11-37(36)44-41(50)32-7-4-6-31(24-32)29-54-35-9-5-8-33(26-35)40(49)43-15-19-52-21-23-53-22-20-51-18-13-39(47)48/h4-12,14,24-28H,1-3,13,15-23,29H2,(H,43,49)(H,44,50)(H,47,48). The minimum atomic E-state index is -0.898. The lowest BCUT2D eigenvalue weighted by atomic mass is 10.0. The van der Waals surface area contributed by atoms with Gasteiger partial charge in [0.05, 0.1) is 57.4 Å². The number of hydrogen-bond donors (Lipinski definition) is 3. The number of thioether (sulfide) groups is 1. The Morgan fingerprint density at radius 1 is 0.796 bits per heavy atom. The van der Waals surface area contributed by atoms with E-state index in [1.54, 1.807) is 42.2 Å². The fourth-order valence-corrected chi connectivity index (χ4v) is 6.70. The third kappa shape index (κ3) is 12.8. The average Bonchev–Trinajstić information content (AvgIpc) is 3.21. The van der Waals surface area contributed by atoms with Gasteiger partial charge in [0.25, 0.3) is 11.8 Å². The molecular formula is C41H46N4O8S. The number of piperidine rings is 1. The van der Waals surface area contributed by atoms with Crippen LogP contribution in [0, 0.1) is 0 Å². The monoisotopic (exact) mass is 754 g/mol. The summed E-state index contributed by atoms with van der Waals surface area (Å²) in [6.45, 7) is 4.18. The molecule has 0 spiro atoms. The van der Waals surface area contributed by atoms with Gasteiger partial charge in [-0.15, -0.1) is 11.8 Å². The lowest BCUT2D eigenvalue weighted by molar-refractivity contribution is -0.138. The Kier molecular flexibility index (Phi) is 16.0. The number of aliphatic carboxylic acids is 1. The van der Waals surface area contributed by atoms with Crippen molar-refractivity contribution in [1.82, 2.24) is 10.3 Å². The van der Waals surface area contributed by atoms with Gasteiger partial charge < -0.3 is 34.9 Å². The summed E-state index contributed by atoms with van der Waals surface area (Å²) in [4.78, 5) is 56.2. The second-order valence-electron chi connectivity index (χ2n) is 12.6. The van der Waals surface area contributed by atoms with Crippen molar-refractivity contribution in [2.24, 2.45) is 0 Å². The van der Waals surface area contributed by atoms with E-state index in [1.165, 1.54) is 6.42 Å². The summed E-state index contributed by atoms with van der Waals surface area (Å²) in [5, 5.41) is 14.5. The van der Waals surface area contributed by atoms with E-state index in [-0.39, 0.29) is 24.8 Å². The molecule has 1 aromatic heterocycles. The van der Waals surface area contributed by atoms with Crippen molar-refractivity contribution < 1.29 is 38.5 Å². The minimum Gasteiger partial charge on any atom is -0.481 e. The second-order valence-corrected chi connectivity index (χ2v) is 13.6. The lowest BCUT2D eigenvalue weighted by Gasteiger charge is -2.29. The van der Waals surface area contributed by atoms with E-state index >= 15 is 0 Å². The molecule has 4 aromatic rings. The Labute approximate surface area is 319 Å². The van der Waals surface area contributed by atoms with Crippen LogP contribution < -0.4 is 15.5 Å². The first-order chi connectivity index (χ1) is 26.4. The zero-order chi connectivity index (χ0) is 38.0. The molecule has 5 rings (SSSR count). The molecule has 2 amide bonds. The topological polar surface area (TPSA) is 156 Å². The van der Waals surface area contributed by atoms with E-state index < -0.39 is 5.97 Å². The van der Waals surface area contributed by atoms with Gasteiger partial charge in [-0.2, -0.15) is 0 Å². The molecule has 0 atom stereocenters. The van der Waals surface area contributed by atoms with Gasteiger partial charge in [-0.25, -0.2) is 0 Å². The molecule has 284 valence electrons. The number of hydrogen-bond acceptors (Lipinski definition) is 10. The summed E-state index contributed by atoms with van der Waals surface area (Å²) in [7, 11) is 0. The van der Waals surface area contributed by atoms with Gasteiger partial charge in [0, 0.05) is 64.4 Å². The number of benzene rings is 3. The highest BCUT2D eigenvalue weighted by Crippen LogP contribution is 2.33. The van der Waals surface area contributed by atoms with Crippen LogP contribution >= 0.6 is 11.8 Å². The summed E-state index contributed by atoms with van der Waals surface area (Å²) in [5.41, 5.74) is 5.55. The number of ether oxygens (including phenoxy) is 3. The van der Waals surface area contributed by atoms with Crippen LogP contribution in [-0.4, -0.2) is 93.4 Å². The van der Waals surface area contributed by atoms with Crippen molar-refractivity contribution in [3.63, 3.8) is 0 Å². The number of carbonyl (C=O) groups excluding carboxylic acids is 3. The highest BCUT2D eigenvalue weighted by atomic mass is 32.2. The first-order valence-corrected chi connectivity index (χ1v) is 19.0. The predicted molar refractivity (Wildman–Crippen MR) is 209 cm³/mol. The zero-order valence-electron chi connectivity index (χ0n) is 30.2. The largest absolute Gasteiger partial charge is 0.481 e. The number of pyridine rings is 1. The van der Waals surface area contributed by atoms with Gasteiger partial charge in [-0.05, 0) is 85.5 Å². The molecule has 1 saturated heterocycles. The molecule has 0 saturated carbocycles. The quantitative estimate of drug-likeness (QED) is 0.0495. The van der Waals surface area contributed by atoms with E-state index in [2.05, 4.69) is 20.5 Å². The molecular weight excluding hydrogens is 709 g/mol. The molecule has 3 aromatic carbocycles. The highest BCUT2D eigenvalue weighted by Gasteiger charge is 2.17. The van der Waals surface area contributed by atoms with Crippen LogP contribution in [-0.2, 0) is 24.8 Å². The van der Waals surface area contributed by atoms with Crippen molar-refractivity contribution >= 4 is 47.2 Å². The molecule has 0 radical (unpaired) electrons. The van der Waals surface area contributed by atoms with Crippen LogP contribution in [0.25, 0.3) is 11.3 Å². The summed E-state index contributed by atoms with van der Waals surface area (Å²) in [5.74, 6) is -0.764. The molecule has 0 bridgehead atoms. The van der Waals surface area contributed by atoms with E-state index in [4.69, 9.17) is 19.3 Å². The van der Waals surface area contributed by atoms with Crippen molar-refractivity contribution in [1.29, 1.82) is 0 Å². The van der Waals surface area contributed by atoms with E-state index in [0.717, 1.165) is 53.9 Å². The smallest absolute Gasteiger partial charge is 0.305 e. The van der Waals surface area contributed by atoms with Crippen molar-refractivity contribution in [2.75, 3.05) is 69.5 Å². The number of carboxylic acids is 1. The van der Waals surface area contributed by atoms with Crippen molar-refractivity contribution in [3.05, 3.63) is 107 Å². The third-order valence-electron chi connectivity index (χ3n) is 8.60. The maximum Gasteiger partial charge on any atom is 0.305 e. The third-order valence-corrected chi connectivity index (χ3v) is 9.66. The van der Waals surface area contributed by atoms with Gasteiger partial charge in [0.1, 0.15) is 6.29 Å². The van der Waals surface area contributed by atoms with E-state index in [9.17, 15) is 19.2 Å². The number of carbonyl (C=O) groups is 4. The summed E-state index contributed by atoms with van der Waals surface area (Å²) in [6, 6.07) is 24.2. The molecule has 0 aliphatic carbocycles. The first-order valence-electron chi connectivity index (χ1n) is 18.1. The number of anilines is 2. The van der Waals surface area contributed by atoms with Gasteiger partial charge in [0.2, 0.25) is 0 Å².